The van der Waals surface area contributed by atoms with Crippen LogP contribution in [-0.2, 0) is 9.59 Å². The highest BCUT2D eigenvalue weighted by molar-refractivity contribution is 14.1. The standard InChI is InChI=1S/C17H14Cl2IN3O4/c1-27-14-5-9(4-13(20)17(14)26)8-21-23-16(25)7-15(24)22-10-2-3-11(18)12(19)6-10/h2-6,8,26H,7H2,1H3,(H,22,24)(H,23,25). The molecule has 3 N–H and O–H groups in total. The highest BCUT2D eigenvalue weighted by atomic mass is 127. The van der Waals surface area contributed by atoms with Gasteiger partial charge in [0.05, 0.1) is 26.9 Å². The van der Waals surface area contributed by atoms with Gasteiger partial charge in [0.1, 0.15) is 6.42 Å². The second kappa shape index (κ2) is 9.77. The zero-order valence-electron chi connectivity index (χ0n) is 13.9. The van der Waals surface area contributed by atoms with Crippen LogP contribution in [0.25, 0.3) is 0 Å². The van der Waals surface area contributed by atoms with Gasteiger partial charge in [0.2, 0.25) is 11.8 Å². The summed E-state index contributed by atoms with van der Waals surface area (Å²) in [5.74, 6) is -0.805. The van der Waals surface area contributed by atoms with Gasteiger partial charge < -0.3 is 15.2 Å². The highest BCUT2D eigenvalue weighted by Crippen LogP contribution is 2.31. The molecule has 0 aromatic heterocycles. The molecule has 0 aliphatic rings. The lowest BCUT2D eigenvalue weighted by atomic mass is 10.2. The Labute approximate surface area is 178 Å². The van der Waals surface area contributed by atoms with E-state index in [1.54, 1.807) is 18.2 Å². The average Bonchev–Trinajstić information content (AvgIpc) is 2.60. The number of nitrogens with one attached hydrogen (secondary N) is 2. The van der Waals surface area contributed by atoms with Gasteiger partial charge in [-0.1, -0.05) is 23.2 Å². The number of benzene rings is 2. The fraction of sp³-hybridized carbons (Fsp3) is 0.118. The fourth-order valence-electron chi connectivity index (χ4n) is 1.97. The van der Waals surface area contributed by atoms with Crippen molar-refractivity contribution in [3.8, 4) is 11.5 Å². The molecule has 0 aliphatic heterocycles. The lowest BCUT2D eigenvalue weighted by molar-refractivity contribution is -0.126. The predicted octanol–water partition coefficient (Wildman–Crippen LogP) is 3.79. The smallest absolute Gasteiger partial charge is 0.249 e. The van der Waals surface area contributed by atoms with Crippen LogP contribution in [0.4, 0.5) is 5.69 Å². The van der Waals surface area contributed by atoms with Crippen molar-refractivity contribution in [2.45, 2.75) is 6.42 Å². The second-order valence-corrected chi connectivity index (χ2v) is 7.18. The summed E-state index contributed by atoms with van der Waals surface area (Å²) in [6.45, 7) is 0. The molecule has 2 amide bonds. The molecule has 0 saturated carbocycles. The Hall–Kier alpha value is -2.04. The normalized spacial score (nSPS) is 10.7. The maximum absolute atomic E-state index is 11.9. The Morgan fingerprint density at radius 3 is 2.63 bits per heavy atom. The van der Waals surface area contributed by atoms with E-state index in [9.17, 15) is 14.7 Å². The number of hydrogen-bond acceptors (Lipinski definition) is 5. The van der Waals surface area contributed by atoms with Crippen LogP contribution in [0.15, 0.2) is 35.4 Å². The van der Waals surface area contributed by atoms with Gasteiger partial charge >= 0.3 is 0 Å². The first-order chi connectivity index (χ1) is 12.8. The van der Waals surface area contributed by atoms with E-state index in [4.69, 9.17) is 27.9 Å². The van der Waals surface area contributed by atoms with E-state index in [-0.39, 0.29) is 11.5 Å². The molecule has 2 aromatic rings. The van der Waals surface area contributed by atoms with Crippen molar-refractivity contribution in [3.05, 3.63) is 49.5 Å². The number of hydrazone groups is 1. The molecule has 2 rings (SSSR count). The largest absolute Gasteiger partial charge is 0.504 e. The molecular weight excluding hydrogens is 508 g/mol. The average molecular weight is 522 g/mol. The number of rotatable bonds is 6. The van der Waals surface area contributed by atoms with Crippen LogP contribution in [0.5, 0.6) is 11.5 Å². The van der Waals surface area contributed by atoms with Gasteiger partial charge in [-0.25, -0.2) is 5.43 Å². The molecule has 27 heavy (non-hydrogen) atoms. The molecule has 0 bridgehead atoms. The molecule has 0 fully saturated rings. The number of nitrogens with zero attached hydrogens (tertiary/aromatic N) is 1. The number of anilines is 1. The number of halogens is 3. The van der Waals surface area contributed by atoms with Crippen molar-refractivity contribution in [1.29, 1.82) is 0 Å². The molecule has 10 heteroatoms. The fourth-order valence-corrected chi connectivity index (χ4v) is 2.89. The van der Waals surface area contributed by atoms with Crippen LogP contribution in [-0.4, -0.2) is 30.2 Å². The number of ether oxygens (including phenoxy) is 1. The van der Waals surface area contributed by atoms with Gasteiger partial charge in [-0.05, 0) is 58.5 Å². The summed E-state index contributed by atoms with van der Waals surface area (Å²) in [5.41, 5.74) is 3.29. The molecule has 142 valence electrons. The van der Waals surface area contributed by atoms with Crippen LogP contribution < -0.4 is 15.5 Å². The van der Waals surface area contributed by atoms with Crippen LogP contribution >= 0.6 is 45.8 Å². The van der Waals surface area contributed by atoms with Gasteiger partial charge in [0, 0.05) is 5.69 Å². The van der Waals surface area contributed by atoms with Gasteiger partial charge in [-0.2, -0.15) is 5.10 Å². The number of hydrogen-bond donors (Lipinski definition) is 3. The summed E-state index contributed by atoms with van der Waals surface area (Å²) in [6, 6.07) is 7.81. The topological polar surface area (TPSA) is 100 Å². The van der Waals surface area contributed by atoms with Crippen LogP contribution in [0.3, 0.4) is 0 Å². The van der Waals surface area contributed by atoms with E-state index in [1.165, 1.54) is 25.5 Å². The highest BCUT2D eigenvalue weighted by Gasteiger charge is 2.10. The molecule has 0 aliphatic carbocycles. The molecule has 0 heterocycles. The minimum absolute atomic E-state index is 0.0262. The minimum atomic E-state index is -0.593. The third-order valence-electron chi connectivity index (χ3n) is 3.20. The number of phenolic OH excluding ortho intramolecular Hbond substituents is 1. The van der Waals surface area contributed by atoms with Crippen LogP contribution in [0.2, 0.25) is 10.0 Å². The number of methoxy groups -OCH3 is 1. The first-order valence-electron chi connectivity index (χ1n) is 7.43. The third kappa shape index (κ3) is 6.26. The van der Waals surface area contributed by atoms with Crippen LogP contribution in [0.1, 0.15) is 12.0 Å². The van der Waals surface area contributed by atoms with Gasteiger partial charge in [-0.3, -0.25) is 9.59 Å². The van der Waals surface area contributed by atoms with Crippen molar-refractivity contribution >= 4 is 69.5 Å². The van der Waals surface area contributed by atoms with E-state index < -0.39 is 18.2 Å². The van der Waals surface area contributed by atoms with Crippen molar-refractivity contribution in [1.82, 2.24) is 5.43 Å². The second-order valence-electron chi connectivity index (χ2n) is 5.20. The SMILES string of the molecule is COc1cc(C=NNC(=O)CC(=O)Nc2ccc(Cl)c(Cl)c2)cc(I)c1O. The van der Waals surface area contributed by atoms with Crippen molar-refractivity contribution in [3.63, 3.8) is 0 Å². The van der Waals surface area contributed by atoms with Gasteiger partial charge in [0.25, 0.3) is 0 Å². The van der Waals surface area contributed by atoms with Gasteiger partial charge in [0.15, 0.2) is 11.5 Å². The van der Waals surface area contributed by atoms with Crippen molar-refractivity contribution in [2.75, 3.05) is 12.4 Å². The van der Waals surface area contributed by atoms with E-state index in [2.05, 4.69) is 15.8 Å². The quantitative estimate of drug-likeness (QED) is 0.233. The summed E-state index contributed by atoms with van der Waals surface area (Å²) in [6.07, 6.45) is 0.951. The summed E-state index contributed by atoms with van der Waals surface area (Å²) < 4.78 is 5.61. The number of carbonyl (C=O) groups excluding carboxylic acids is 2. The van der Waals surface area contributed by atoms with Gasteiger partial charge in [-0.15, -0.1) is 0 Å². The van der Waals surface area contributed by atoms with Crippen molar-refractivity contribution in [2.24, 2.45) is 5.10 Å². The molecular formula is C17H14Cl2IN3O4. The number of phenols is 1. The molecule has 0 radical (unpaired) electrons. The van der Waals surface area contributed by atoms with E-state index in [1.807, 2.05) is 22.6 Å². The monoisotopic (exact) mass is 521 g/mol. The zero-order valence-corrected chi connectivity index (χ0v) is 17.6. The Morgan fingerprint density at radius 2 is 1.96 bits per heavy atom. The van der Waals surface area contributed by atoms with Crippen LogP contribution in [0, 0.1) is 3.57 Å². The zero-order chi connectivity index (χ0) is 20.0. The number of amides is 2. The molecule has 0 atom stereocenters. The number of carbonyl (C=O) groups is 2. The molecule has 7 nitrogen and oxygen atoms in total. The summed E-state index contributed by atoms with van der Waals surface area (Å²) >= 11 is 13.6. The Kier molecular flexibility index (Phi) is 7.69. The Bertz CT molecular complexity index is 906. The third-order valence-corrected chi connectivity index (χ3v) is 4.76. The lowest BCUT2D eigenvalue weighted by Gasteiger charge is -2.07. The first-order valence-corrected chi connectivity index (χ1v) is 9.27. The van der Waals surface area contributed by atoms with E-state index >= 15 is 0 Å². The summed E-state index contributed by atoms with van der Waals surface area (Å²) in [5, 5.41) is 16.8. The minimum Gasteiger partial charge on any atom is -0.504 e. The molecule has 0 saturated heterocycles. The van der Waals surface area contributed by atoms with E-state index in [0.29, 0.717) is 24.9 Å². The maximum atomic E-state index is 11.9. The number of aromatic hydroxyl groups is 1. The lowest BCUT2D eigenvalue weighted by Crippen LogP contribution is -2.24. The first kappa shape index (κ1) is 21.3. The Morgan fingerprint density at radius 1 is 1.22 bits per heavy atom. The summed E-state index contributed by atoms with van der Waals surface area (Å²) in [7, 11) is 1.43. The van der Waals surface area contributed by atoms with Crippen molar-refractivity contribution < 1.29 is 19.4 Å². The maximum Gasteiger partial charge on any atom is 0.249 e. The molecule has 2 aromatic carbocycles. The Balaban J connectivity index is 1.90. The predicted molar refractivity (Wildman–Crippen MR) is 113 cm³/mol. The van der Waals surface area contributed by atoms with E-state index in [0.717, 1.165) is 0 Å². The summed E-state index contributed by atoms with van der Waals surface area (Å²) in [4.78, 5) is 23.7. The molecule has 0 spiro atoms. The molecule has 0 unspecified atom stereocenters.